The molecule has 0 unspecified atom stereocenters. The minimum atomic E-state index is -0.0776. The van der Waals surface area contributed by atoms with Crippen molar-refractivity contribution in [3.8, 4) is 11.8 Å². The molecule has 2 aromatic heterocycles. The van der Waals surface area contributed by atoms with E-state index in [1.165, 1.54) is 16.4 Å². The summed E-state index contributed by atoms with van der Waals surface area (Å²) in [6, 6.07) is 0. The van der Waals surface area contributed by atoms with Gasteiger partial charge >= 0.3 is 0 Å². The standard InChI is InChI=1S/C11H14N4O3S/c1-6(2)18-9-7-8(10(17)15(3)14-7)12-11(13-9)19-5-4-16/h4,6,17H,5H2,1-3H3. The molecule has 2 aromatic rings. The number of carbonyl (C=O) groups is 1. The van der Waals surface area contributed by atoms with Gasteiger partial charge in [0, 0.05) is 7.05 Å². The van der Waals surface area contributed by atoms with Crippen LogP contribution in [0.1, 0.15) is 13.8 Å². The van der Waals surface area contributed by atoms with E-state index < -0.39 is 0 Å². The Kier molecular flexibility index (Phi) is 3.89. The number of hydrogen-bond acceptors (Lipinski definition) is 7. The zero-order valence-corrected chi connectivity index (χ0v) is 11.6. The molecule has 7 nitrogen and oxygen atoms in total. The first-order chi connectivity index (χ1) is 9.02. The summed E-state index contributed by atoms with van der Waals surface area (Å²) in [5, 5.41) is 14.4. The van der Waals surface area contributed by atoms with Gasteiger partial charge in [0.2, 0.25) is 11.8 Å². The highest BCUT2D eigenvalue weighted by Gasteiger charge is 2.18. The summed E-state index contributed by atoms with van der Waals surface area (Å²) in [6.45, 7) is 3.74. The van der Waals surface area contributed by atoms with Gasteiger partial charge in [0.1, 0.15) is 6.29 Å². The van der Waals surface area contributed by atoms with E-state index in [4.69, 9.17) is 4.74 Å². The van der Waals surface area contributed by atoms with Gasteiger partial charge < -0.3 is 14.6 Å². The van der Waals surface area contributed by atoms with Gasteiger partial charge in [-0.1, -0.05) is 11.8 Å². The van der Waals surface area contributed by atoms with Crippen LogP contribution in [0.3, 0.4) is 0 Å². The maximum absolute atomic E-state index is 10.4. The maximum Gasteiger partial charge on any atom is 0.247 e. The molecular formula is C11H14N4O3S. The predicted molar refractivity (Wildman–Crippen MR) is 70.5 cm³/mol. The first-order valence-corrected chi connectivity index (χ1v) is 6.68. The van der Waals surface area contributed by atoms with Gasteiger partial charge in [-0.3, -0.25) is 0 Å². The third-order valence-corrected chi connectivity index (χ3v) is 2.97. The Morgan fingerprint density at radius 3 is 2.79 bits per heavy atom. The average molecular weight is 282 g/mol. The Morgan fingerprint density at radius 2 is 2.16 bits per heavy atom. The van der Waals surface area contributed by atoms with E-state index in [0.717, 1.165) is 6.29 Å². The molecule has 1 N–H and O–H groups in total. The molecule has 0 saturated carbocycles. The van der Waals surface area contributed by atoms with Crippen molar-refractivity contribution in [1.29, 1.82) is 0 Å². The summed E-state index contributed by atoms with van der Waals surface area (Å²) in [5.41, 5.74) is 0.728. The van der Waals surface area contributed by atoms with Crippen molar-refractivity contribution in [1.82, 2.24) is 19.7 Å². The fourth-order valence-electron chi connectivity index (χ4n) is 1.49. The number of aromatic nitrogens is 4. The minimum Gasteiger partial charge on any atom is -0.492 e. The van der Waals surface area contributed by atoms with E-state index >= 15 is 0 Å². The van der Waals surface area contributed by atoms with Gasteiger partial charge in [-0.15, -0.1) is 0 Å². The zero-order chi connectivity index (χ0) is 14.0. The Labute approximate surface area is 114 Å². The molecule has 0 aliphatic carbocycles. The van der Waals surface area contributed by atoms with Crippen molar-refractivity contribution in [3.63, 3.8) is 0 Å². The van der Waals surface area contributed by atoms with Crippen LogP contribution < -0.4 is 4.74 Å². The number of aromatic hydroxyl groups is 1. The second-order valence-electron chi connectivity index (χ2n) is 4.10. The summed E-state index contributed by atoms with van der Waals surface area (Å²) in [7, 11) is 1.61. The lowest BCUT2D eigenvalue weighted by Gasteiger charge is -2.09. The molecule has 0 bridgehead atoms. The van der Waals surface area contributed by atoms with Crippen molar-refractivity contribution in [2.24, 2.45) is 7.05 Å². The highest BCUT2D eigenvalue weighted by Crippen LogP contribution is 2.30. The second-order valence-corrected chi connectivity index (χ2v) is 5.09. The summed E-state index contributed by atoms with van der Waals surface area (Å²) in [4.78, 5) is 18.8. The maximum atomic E-state index is 10.4. The van der Waals surface area contributed by atoms with E-state index in [9.17, 15) is 9.90 Å². The molecule has 0 radical (unpaired) electrons. The molecule has 0 amide bonds. The monoisotopic (exact) mass is 282 g/mol. The van der Waals surface area contributed by atoms with E-state index in [1.54, 1.807) is 7.05 Å². The van der Waals surface area contributed by atoms with Gasteiger partial charge in [-0.05, 0) is 13.8 Å². The molecule has 0 spiro atoms. The van der Waals surface area contributed by atoms with Crippen LogP contribution >= 0.6 is 11.8 Å². The van der Waals surface area contributed by atoms with Crippen molar-refractivity contribution in [2.45, 2.75) is 25.1 Å². The molecular weight excluding hydrogens is 268 g/mol. The van der Waals surface area contributed by atoms with Crippen molar-refractivity contribution < 1.29 is 14.6 Å². The molecule has 0 aliphatic heterocycles. The molecule has 2 rings (SSSR count). The van der Waals surface area contributed by atoms with Crippen LogP contribution in [0.25, 0.3) is 11.0 Å². The van der Waals surface area contributed by atoms with Crippen LogP contribution in [0.4, 0.5) is 0 Å². The van der Waals surface area contributed by atoms with Crippen LogP contribution in [-0.4, -0.2) is 43.0 Å². The smallest absolute Gasteiger partial charge is 0.247 e. The topological polar surface area (TPSA) is 90.1 Å². The number of aryl methyl sites for hydroxylation is 1. The van der Waals surface area contributed by atoms with E-state index in [1.807, 2.05) is 13.8 Å². The lowest BCUT2D eigenvalue weighted by Crippen LogP contribution is -2.08. The molecule has 0 aliphatic rings. The number of thioether (sulfide) groups is 1. The lowest BCUT2D eigenvalue weighted by atomic mass is 10.4. The van der Waals surface area contributed by atoms with Crippen LogP contribution in [0.2, 0.25) is 0 Å². The van der Waals surface area contributed by atoms with Gasteiger partial charge in [-0.25, -0.2) is 9.67 Å². The average Bonchev–Trinajstić information content (AvgIpc) is 2.63. The zero-order valence-electron chi connectivity index (χ0n) is 10.8. The van der Waals surface area contributed by atoms with Crippen LogP contribution in [-0.2, 0) is 11.8 Å². The number of aldehydes is 1. The van der Waals surface area contributed by atoms with Crippen LogP contribution in [0.5, 0.6) is 11.8 Å². The van der Waals surface area contributed by atoms with Gasteiger partial charge in [-0.2, -0.15) is 10.1 Å². The molecule has 0 saturated heterocycles. The van der Waals surface area contributed by atoms with Crippen molar-refractivity contribution in [3.05, 3.63) is 0 Å². The third-order valence-electron chi connectivity index (χ3n) is 2.23. The number of carbonyl (C=O) groups excluding carboxylic acids is 1. The van der Waals surface area contributed by atoms with E-state index in [-0.39, 0.29) is 17.7 Å². The molecule has 19 heavy (non-hydrogen) atoms. The van der Waals surface area contributed by atoms with Crippen molar-refractivity contribution in [2.75, 3.05) is 5.75 Å². The largest absolute Gasteiger partial charge is 0.492 e. The summed E-state index contributed by atoms with van der Waals surface area (Å²) < 4.78 is 6.88. The number of ether oxygens (including phenoxy) is 1. The summed E-state index contributed by atoms with van der Waals surface area (Å²) in [6.07, 6.45) is 0.691. The number of nitrogens with zero attached hydrogens (tertiary/aromatic N) is 4. The molecule has 2 heterocycles. The highest BCUT2D eigenvalue weighted by atomic mass is 32.2. The molecule has 102 valence electrons. The first kappa shape index (κ1) is 13.6. The van der Waals surface area contributed by atoms with Gasteiger partial charge in [0.15, 0.2) is 16.2 Å². The quantitative estimate of drug-likeness (QED) is 0.499. The Bertz CT molecular complexity index is 611. The van der Waals surface area contributed by atoms with Crippen LogP contribution in [0.15, 0.2) is 5.16 Å². The number of hydrogen-bond donors (Lipinski definition) is 1. The lowest BCUT2D eigenvalue weighted by molar-refractivity contribution is -0.105. The predicted octanol–water partition coefficient (Wildman–Crippen LogP) is 1.15. The third kappa shape index (κ3) is 2.78. The minimum absolute atomic E-state index is 0.0565. The van der Waals surface area contributed by atoms with Crippen molar-refractivity contribution >= 4 is 29.1 Å². The second kappa shape index (κ2) is 5.43. The van der Waals surface area contributed by atoms with E-state index in [2.05, 4.69) is 15.1 Å². The highest BCUT2D eigenvalue weighted by molar-refractivity contribution is 7.99. The van der Waals surface area contributed by atoms with Gasteiger partial charge in [0.05, 0.1) is 11.9 Å². The summed E-state index contributed by atoms with van der Waals surface area (Å²) in [5.74, 6) is 0.497. The SMILES string of the molecule is CC(C)Oc1nc(SCC=O)nc2c(O)n(C)nc12. The summed E-state index contributed by atoms with van der Waals surface area (Å²) >= 11 is 1.18. The Morgan fingerprint density at radius 1 is 1.42 bits per heavy atom. The fourth-order valence-corrected chi connectivity index (χ4v) is 2.01. The van der Waals surface area contributed by atoms with Gasteiger partial charge in [0.25, 0.3) is 0 Å². The van der Waals surface area contributed by atoms with Crippen LogP contribution in [0, 0.1) is 0 Å². The normalized spacial score (nSPS) is 11.2. The Hall–Kier alpha value is -1.83. The fraction of sp³-hybridized carbons (Fsp3) is 0.455. The molecule has 0 atom stereocenters. The van der Waals surface area contributed by atoms with E-state index in [0.29, 0.717) is 22.1 Å². The number of rotatable bonds is 5. The Balaban J connectivity index is 2.55. The number of fused-ring (bicyclic) bond motifs is 1. The first-order valence-electron chi connectivity index (χ1n) is 5.69. The molecule has 0 fully saturated rings. The molecule has 8 heteroatoms. The molecule has 0 aromatic carbocycles.